The van der Waals surface area contributed by atoms with Crippen LogP contribution in [0.3, 0.4) is 0 Å². The Hall–Kier alpha value is -0.153. The summed E-state index contributed by atoms with van der Waals surface area (Å²) in [6.07, 6.45) is 0. The normalized spacial score (nSPS) is 9.22. The summed E-state index contributed by atoms with van der Waals surface area (Å²) in [4.78, 5) is 4.21. The zero-order valence-electron chi connectivity index (χ0n) is 6.27. The van der Waals surface area contributed by atoms with Gasteiger partial charge in [0.05, 0.1) is 0 Å². The molecule has 52 valence electrons. The van der Waals surface area contributed by atoms with Crippen LogP contribution < -0.4 is 0 Å². The Morgan fingerprint density at radius 3 is 2.67 bits per heavy atom. The molecule has 0 bridgehead atoms. The first-order valence-corrected chi connectivity index (χ1v) is 4.12. The summed E-state index contributed by atoms with van der Waals surface area (Å²) in [5, 5.41) is 0. The lowest BCUT2D eigenvalue weighted by Crippen LogP contribution is -1.95. The van der Waals surface area contributed by atoms with Crippen LogP contribution in [0.2, 0.25) is 6.04 Å². The fourth-order valence-electron chi connectivity index (χ4n) is 0.427. The number of hydrogen-bond acceptors (Lipinski definition) is 2. The highest BCUT2D eigenvalue weighted by atomic mass is 28.2. The van der Waals surface area contributed by atoms with Crippen molar-refractivity contribution in [2.75, 3.05) is 13.7 Å². The summed E-state index contributed by atoms with van der Waals surface area (Å²) in [5.74, 6) is 0. The summed E-state index contributed by atoms with van der Waals surface area (Å²) in [6.45, 7) is 4.93. The molecule has 0 aliphatic carbocycles. The van der Waals surface area contributed by atoms with Gasteiger partial charge >= 0.3 is 0 Å². The molecule has 2 nitrogen and oxygen atoms in total. The van der Waals surface area contributed by atoms with Gasteiger partial charge in [0.25, 0.3) is 0 Å². The molecule has 0 aliphatic heterocycles. The Labute approximate surface area is 59.3 Å². The largest absolute Gasteiger partial charge is 0.421 e. The van der Waals surface area contributed by atoms with E-state index in [4.69, 9.17) is 4.43 Å². The van der Waals surface area contributed by atoms with Crippen molar-refractivity contribution in [3.05, 3.63) is 0 Å². The second-order valence-corrected chi connectivity index (χ2v) is 3.12. The van der Waals surface area contributed by atoms with Gasteiger partial charge < -0.3 is 4.43 Å². The molecule has 9 heavy (non-hydrogen) atoms. The van der Waals surface area contributed by atoms with Gasteiger partial charge in [0, 0.05) is 19.4 Å². The molecule has 2 radical (unpaired) electrons. The zero-order valence-corrected chi connectivity index (χ0v) is 7.27. The first kappa shape index (κ1) is 8.85. The molecule has 0 rings (SSSR count). The summed E-state index contributed by atoms with van der Waals surface area (Å²) in [7, 11) is 2.33. The quantitative estimate of drug-likeness (QED) is 0.329. The van der Waals surface area contributed by atoms with Crippen LogP contribution in [0.15, 0.2) is 4.99 Å². The van der Waals surface area contributed by atoms with Crippen molar-refractivity contribution in [1.82, 2.24) is 0 Å². The van der Waals surface area contributed by atoms with Crippen molar-refractivity contribution >= 4 is 15.5 Å². The maximum atomic E-state index is 4.88. The molecule has 0 amide bonds. The van der Waals surface area contributed by atoms with Crippen molar-refractivity contribution in [3.8, 4) is 0 Å². The highest BCUT2D eigenvalue weighted by molar-refractivity contribution is 6.27. The van der Waals surface area contributed by atoms with Crippen LogP contribution in [-0.2, 0) is 4.43 Å². The van der Waals surface area contributed by atoms with Gasteiger partial charge in [-0.25, -0.2) is 0 Å². The number of aliphatic imine (C=N–C) groups is 1. The lowest BCUT2D eigenvalue weighted by Gasteiger charge is -1.91. The van der Waals surface area contributed by atoms with E-state index in [1.807, 2.05) is 13.8 Å². The highest BCUT2D eigenvalue weighted by Crippen LogP contribution is 1.82. The van der Waals surface area contributed by atoms with Gasteiger partial charge in [-0.2, -0.15) is 0 Å². The summed E-state index contributed by atoms with van der Waals surface area (Å²) in [5.41, 5.74) is 1.15. The molecule has 0 heterocycles. The Bertz CT molecular complexity index is 89.1. The Kier molecular flexibility index (Phi) is 5.87. The topological polar surface area (TPSA) is 21.6 Å². The fraction of sp³-hybridized carbons (Fsp3) is 0.833. The predicted octanol–water partition coefficient (Wildman–Crippen LogP) is 1.15. The van der Waals surface area contributed by atoms with E-state index >= 15 is 0 Å². The van der Waals surface area contributed by atoms with Crippen LogP contribution in [0.5, 0.6) is 0 Å². The summed E-state index contributed by atoms with van der Waals surface area (Å²) >= 11 is 0. The van der Waals surface area contributed by atoms with Crippen LogP contribution in [-0.4, -0.2) is 29.1 Å². The number of hydrogen-bond donors (Lipinski definition) is 0. The molecule has 0 fully saturated rings. The molecule has 0 unspecified atom stereocenters. The van der Waals surface area contributed by atoms with Crippen LogP contribution in [0.25, 0.3) is 0 Å². The first-order chi connectivity index (χ1) is 4.27. The minimum absolute atomic E-state index is 0.607. The summed E-state index contributed by atoms with van der Waals surface area (Å²) in [6, 6.07) is 1.06. The van der Waals surface area contributed by atoms with Gasteiger partial charge in [0.15, 0.2) is 0 Å². The van der Waals surface area contributed by atoms with E-state index in [2.05, 4.69) is 4.99 Å². The zero-order chi connectivity index (χ0) is 7.11. The van der Waals surface area contributed by atoms with Crippen LogP contribution in [0, 0.1) is 0 Å². The average molecular weight is 143 g/mol. The predicted molar refractivity (Wildman–Crippen MR) is 41.2 cm³/mol. The van der Waals surface area contributed by atoms with E-state index in [1.165, 1.54) is 0 Å². The molecule has 0 aliphatic rings. The van der Waals surface area contributed by atoms with Crippen LogP contribution in [0.1, 0.15) is 13.8 Å². The molecular formula is C6H13NOSi. The van der Waals surface area contributed by atoms with E-state index in [-0.39, 0.29) is 0 Å². The summed E-state index contributed by atoms with van der Waals surface area (Å²) < 4.78 is 4.88. The highest BCUT2D eigenvalue weighted by Gasteiger charge is 1.85. The van der Waals surface area contributed by atoms with Crippen LogP contribution in [0.4, 0.5) is 0 Å². The molecule has 0 atom stereocenters. The van der Waals surface area contributed by atoms with E-state index in [0.717, 1.165) is 18.3 Å². The van der Waals surface area contributed by atoms with Gasteiger partial charge in [0.2, 0.25) is 9.76 Å². The van der Waals surface area contributed by atoms with Crippen LogP contribution >= 0.6 is 0 Å². The fourth-order valence-corrected chi connectivity index (χ4v) is 0.834. The molecule has 0 saturated heterocycles. The third kappa shape index (κ3) is 7.85. The first-order valence-electron chi connectivity index (χ1n) is 3.01. The van der Waals surface area contributed by atoms with Gasteiger partial charge in [0.1, 0.15) is 0 Å². The minimum atomic E-state index is 0.607. The Morgan fingerprint density at radius 2 is 2.22 bits per heavy atom. The molecule has 3 heteroatoms. The van der Waals surface area contributed by atoms with Gasteiger partial charge in [-0.3, -0.25) is 4.99 Å². The molecule has 0 aromatic heterocycles. The monoisotopic (exact) mass is 143 g/mol. The van der Waals surface area contributed by atoms with Gasteiger partial charge in [-0.15, -0.1) is 0 Å². The molecular weight excluding hydrogens is 130 g/mol. The lowest BCUT2D eigenvalue weighted by atomic mass is 10.5. The maximum Gasteiger partial charge on any atom is 0.230 e. The lowest BCUT2D eigenvalue weighted by molar-refractivity contribution is 0.441. The van der Waals surface area contributed by atoms with E-state index in [0.29, 0.717) is 9.76 Å². The van der Waals surface area contributed by atoms with Crippen molar-refractivity contribution in [3.63, 3.8) is 0 Å². The smallest absolute Gasteiger partial charge is 0.230 e. The minimum Gasteiger partial charge on any atom is -0.421 e. The average Bonchev–Trinajstić information content (AvgIpc) is 1.80. The molecule has 0 saturated carbocycles. The SMILES string of the molecule is CO[Si]CCN=C(C)C. The second kappa shape index (κ2) is 5.97. The van der Waals surface area contributed by atoms with Crippen molar-refractivity contribution in [1.29, 1.82) is 0 Å². The second-order valence-electron chi connectivity index (χ2n) is 1.93. The molecule has 0 spiro atoms. The van der Waals surface area contributed by atoms with Crippen molar-refractivity contribution < 1.29 is 4.43 Å². The molecule has 0 aromatic carbocycles. The Morgan fingerprint density at radius 1 is 1.56 bits per heavy atom. The maximum absolute atomic E-state index is 4.88. The van der Waals surface area contributed by atoms with Crippen molar-refractivity contribution in [2.45, 2.75) is 19.9 Å². The third-order valence-electron chi connectivity index (χ3n) is 0.786. The van der Waals surface area contributed by atoms with E-state index < -0.39 is 0 Å². The van der Waals surface area contributed by atoms with Gasteiger partial charge in [-0.1, -0.05) is 0 Å². The third-order valence-corrected chi connectivity index (χ3v) is 1.50. The molecule has 0 aromatic rings. The van der Waals surface area contributed by atoms with E-state index in [1.54, 1.807) is 7.11 Å². The van der Waals surface area contributed by atoms with Gasteiger partial charge in [-0.05, 0) is 19.9 Å². The Balaban J connectivity index is 3.00. The standard InChI is InChI=1S/C6H13NOSi/c1-6(2)7-4-5-9-8-3/h4-5H2,1-3H3. The van der Waals surface area contributed by atoms with Crippen molar-refractivity contribution in [2.24, 2.45) is 4.99 Å². The number of nitrogens with zero attached hydrogens (tertiary/aromatic N) is 1. The number of rotatable bonds is 4. The van der Waals surface area contributed by atoms with E-state index in [9.17, 15) is 0 Å². The molecule has 0 N–H and O–H groups in total.